The third-order valence-electron chi connectivity index (χ3n) is 8.37. The molecule has 0 aliphatic heterocycles. The fraction of sp³-hybridized carbons (Fsp3) is 0.810. The molecule has 0 spiro atoms. The monoisotopic (exact) mass is 369 g/mol. The second-order valence-corrected chi connectivity index (χ2v) is 9.22. The van der Waals surface area contributed by atoms with Crippen molar-refractivity contribution in [3.05, 3.63) is 11.6 Å². The zero-order valence-corrected chi connectivity index (χ0v) is 18.2. The van der Waals surface area contributed by atoms with Crippen LogP contribution in [-0.2, 0) is 9.59 Å². The third kappa shape index (κ3) is 3.15. The maximum atomic E-state index is 11.8. The Morgan fingerprint density at radius 2 is 1.92 bits per heavy atom. The fourth-order valence-corrected chi connectivity index (χ4v) is 7.02. The van der Waals surface area contributed by atoms with Gasteiger partial charge in [-0.2, -0.15) is 0 Å². The number of carboxylic acids is 1. The van der Waals surface area contributed by atoms with Crippen molar-refractivity contribution in [3.8, 4) is 0 Å². The molecular weight excluding hydrogens is 339 g/mol. The Bertz CT molecular complexity index is 630. The first-order valence-electron chi connectivity index (χ1n) is 10.0. The summed E-state index contributed by atoms with van der Waals surface area (Å²) in [5.74, 6) is 1.86. The number of fused-ring (bicyclic) bond motifs is 5. The number of aliphatic hydroxyl groups is 1. The third-order valence-corrected chi connectivity index (χ3v) is 8.37. The second kappa shape index (κ2) is 7.35. The molecule has 0 amide bonds. The molecule has 139 valence electrons. The van der Waals surface area contributed by atoms with Crippen LogP contribution in [0.2, 0.25) is 0 Å². The van der Waals surface area contributed by atoms with Gasteiger partial charge in [-0.1, -0.05) is 12.5 Å². The molecule has 1 radical (unpaired) electrons. The van der Waals surface area contributed by atoms with Crippen LogP contribution in [0.5, 0.6) is 0 Å². The average Bonchev–Trinajstić information content (AvgIpc) is 2.84. The van der Waals surface area contributed by atoms with Crippen molar-refractivity contribution in [3.63, 3.8) is 0 Å². The molecule has 0 aromatic heterocycles. The van der Waals surface area contributed by atoms with E-state index in [1.54, 1.807) is 0 Å². The van der Waals surface area contributed by atoms with E-state index in [0.29, 0.717) is 42.3 Å². The van der Waals surface area contributed by atoms with Crippen molar-refractivity contribution < 1.29 is 19.8 Å². The van der Waals surface area contributed by atoms with Crippen molar-refractivity contribution in [2.45, 2.75) is 76.7 Å². The van der Waals surface area contributed by atoms with Gasteiger partial charge >= 0.3 is 5.97 Å². The smallest absolute Gasteiger partial charge is 0.303 e. The number of rotatable bonds is 3. The van der Waals surface area contributed by atoms with Crippen LogP contribution in [0, 0.1) is 29.1 Å². The number of ketones is 1. The average molecular weight is 369 g/mol. The van der Waals surface area contributed by atoms with Crippen LogP contribution < -0.4 is 0 Å². The van der Waals surface area contributed by atoms with Gasteiger partial charge in [-0.3, -0.25) is 9.59 Å². The molecule has 4 rings (SSSR count). The minimum absolute atomic E-state index is 0. The Hall–Kier alpha value is -0.160. The molecule has 3 saturated carbocycles. The van der Waals surface area contributed by atoms with Gasteiger partial charge < -0.3 is 10.2 Å². The summed E-state index contributed by atoms with van der Waals surface area (Å²) in [6, 6.07) is 0. The molecule has 0 aromatic rings. The fourth-order valence-electron chi connectivity index (χ4n) is 7.02. The van der Waals surface area contributed by atoms with Gasteiger partial charge in [0.1, 0.15) is 0 Å². The molecule has 4 nitrogen and oxygen atoms in total. The molecule has 0 unspecified atom stereocenters. The van der Waals surface area contributed by atoms with Crippen LogP contribution in [0.4, 0.5) is 0 Å². The van der Waals surface area contributed by atoms with Crippen LogP contribution in [0.1, 0.15) is 71.1 Å². The summed E-state index contributed by atoms with van der Waals surface area (Å²) >= 11 is 0. The molecule has 3 fully saturated rings. The van der Waals surface area contributed by atoms with Crippen molar-refractivity contribution >= 4 is 41.3 Å². The van der Waals surface area contributed by atoms with E-state index in [-0.39, 0.29) is 41.4 Å². The quantitative estimate of drug-likeness (QED) is 0.748. The van der Waals surface area contributed by atoms with Gasteiger partial charge in [-0.25, -0.2) is 0 Å². The first-order chi connectivity index (χ1) is 11.8. The van der Waals surface area contributed by atoms with Gasteiger partial charge in [0.15, 0.2) is 5.78 Å². The molecule has 0 heterocycles. The Morgan fingerprint density at radius 3 is 2.65 bits per heavy atom. The number of hydrogen-bond donors (Lipinski definition) is 2. The maximum Gasteiger partial charge on any atom is 0.303 e. The summed E-state index contributed by atoms with van der Waals surface area (Å²) in [6.45, 7) is 2.22. The normalized spacial score (nSPS) is 44.2. The number of carboxylic acid groups (broad SMARTS) is 1. The minimum Gasteiger partial charge on any atom is -0.481 e. The summed E-state index contributed by atoms with van der Waals surface area (Å²) in [5.41, 5.74) is 0.426. The van der Waals surface area contributed by atoms with Gasteiger partial charge in [0.05, 0.1) is 5.60 Å². The standard InChI is InChI=1S/C21H30O4.Na/c1-20-9-6-16-15-5-3-14(22)12-13(15)2-4-17(16)18(20)7-10-21(20,25)11-8-19(23)24;/h12,15-18,25H,2-11H2,1H3,(H,23,24);/t15-,16+,17+,18-,20-,21+;/m0./s1. The molecular formula is C21H30NaO4. The Kier molecular flexibility index (Phi) is 5.81. The molecule has 6 atom stereocenters. The Labute approximate surface area is 178 Å². The molecule has 4 aliphatic rings. The summed E-state index contributed by atoms with van der Waals surface area (Å²) in [7, 11) is 0. The SMILES string of the molecule is C[C@]12CC[C@H]3[C@@H](CCC4=CC(=O)CC[C@@H]43)[C@@H]1CC[C@@]2(O)CCC(=O)O.[Na]. The van der Waals surface area contributed by atoms with E-state index in [2.05, 4.69) is 6.92 Å². The number of carbonyl (C=O) groups is 2. The van der Waals surface area contributed by atoms with Gasteiger partial charge in [-0.05, 0) is 86.5 Å². The molecule has 5 heteroatoms. The van der Waals surface area contributed by atoms with Crippen LogP contribution in [0.3, 0.4) is 0 Å². The van der Waals surface area contributed by atoms with Crippen molar-refractivity contribution in [1.29, 1.82) is 0 Å². The molecule has 0 aromatic carbocycles. The summed E-state index contributed by atoms with van der Waals surface area (Å²) < 4.78 is 0. The van der Waals surface area contributed by atoms with E-state index >= 15 is 0 Å². The van der Waals surface area contributed by atoms with Gasteiger partial charge in [0.2, 0.25) is 0 Å². The predicted octanol–water partition coefficient (Wildman–Crippen LogP) is 3.34. The van der Waals surface area contributed by atoms with E-state index in [1.807, 2.05) is 6.08 Å². The largest absolute Gasteiger partial charge is 0.481 e. The van der Waals surface area contributed by atoms with Crippen LogP contribution in [-0.4, -0.2) is 57.1 Å². The zero-order valence-electron chi connectivity index (χ0n) is 16.2. The molecule has 2 N–H and O–H groups in total. The van der Waals surface area contributed by atoms with Gasteiger partial charge in [0.25, 0.3) is 0 Å². The second-order valence-electron chi connectivity index (χ2n) is 9.22. The van der Waals surface area contributed by atoms with E-state index in [0.717, 1.165) is 44.9 Å². The molecule has 0 bridgehead atoms. The Morgan fingerprint density at radius 1 is 1.15 bits per heavy atom. The van der Waals surface area contributed by atoms with E-state index in [1.165, 1.54) is 5.57 Å². The molecule has 4 aliphatic carbocycles. The van der Waals surface area contributed by atoms with Gasteiger partial charge in [0, 0.05) is 42.4 Å². The predicted molar refractivity (Wildman–Crippen MR) is 99.7 cm³/mol. The van der Waals surface area contributed by atoms with Crippen LogP contribution in [0.15, 0.2) is 11.6 Å². The number of hydrogen-bond acceptors (Lipinski definition) is 3. The van der Waals surface area contributed by atoms with E-state index in [4.69, 9.17) is 5.11 Å². The topological polar surface area (TPSA) is 74.6 Å². The zero-order chi connectivity index (χ0) is 17.8. The number of carbonyl (C=O) groups excluding carboxylic acids is 1. The van der Waals surface area contributed by atoms with Crippen LogP contribution in [0.25, 0.3) is 0 Å². The molecule has 0 saturated heterocycles. The van der Waals surface area contributed by atoms with Crippen molar-refractivity contribution in [2.24, 2.45) is 29.1 Å². The maximum absolute atomic E-state index is 11.8. The number of aliphatic carboxylic acids is 1. The Balaban J connectivity index is 0.00000196. The van der Waals surface area contributed by atoms with Gasteiger partial charge in [-0.15, -0.1) is 0 Å². The first-order valence-corrected chi connectivity index (χ1v) is 10.0. The van der Waals surface area contributed by atoms with Crippen molar-refractivity contribution in [2.75, 3.05) is 0 Å². The number of allylic oxidation sites excluding steroid dienone is 1. The minimum atomic E-state index is -0.820. The summed E-state index contributed by atoms with van der Waals surface area (Å²) in [5, 5.41) is 20.4. The van der Waals surface area contributed by atoms with Crippen LogP contribution >= 0.6 is 0 Å². The van der Waals surface area contributed by atoms with E-state index < -0.39 is 11.6 Å². The van der Waals surface area contributed by atoms with E-state index in [9.17, 15) is 14.7 Å². The molecule has 26 heavy (non-hydrogen) atoms. The summed E-state index contributed by atoms with van der Waals surface area (Å²) in [4.78, 5) is 22.8. The summed E-state index contributed by atoms with van der Waals surface area (Å²) in [6.07, 6.45) is 10.1. The van der Waals surface area contributed by atoms with Crippen molar-refractivity contribution in [1.82, 2.24) is 0 Å². The first kappa shape index (κ1) is 20.6.